The summed E-state index contributed by atoms with van der Waals surface area (Å²) in [4.78, 5) is 0. The zero-order valence-electron chi connectivity index (χ0n) is 9.28. The number of ether oxygens (including phenoxy) is 2. The molecule has 3 N–H and O–H groups in total. The molecule has 0 saturated heterocycles. The van der Waals surface area contributed by atoms with Crippen molar-refractivity contribution in [2.24, 2.45) is 5.73 Å². The van der Waals surface area contributed by atoms with E-state index in [4.69, 9.17) is 10.8 Å². The second-order valence-electron chi connectivity index (χ2n) is 3.77. The van der Waals surface area contributed by atoms with Crippen molar-refractivity contribution in [1.29, 1.82) is 0 Å². The smallest absolute Gasteiger partial charge is 0.395 e. The zero-order chi connectivity index (χ0) is 13.6. The lowest BCUT2D eigenvalue weighted by molar-refractivity contribution is -0.286. The van der Waals surface area contributed by atoms with Crippen LogP contribution in [0.5, 0.6) is 11.5 Å². The molecule has 0 saturated carbocycles. The molecule has 1 aliphatic rings. The van der Waals surface area contributed by atoms with Crippen LogP contribution in [0, 0.1) is 0 Å². The molecule has 1 aliphatic heterocycles. The van der Waals surface area contributed by atoms with Crippen LogP contribution in [-0.4, -0.2) is 23.9 Å². The minimum Gasteiger partial charge on any atom is -0.395 e. The molecule has 2 rings (SSSR count). The van der Waals surface area contributed by atoms with Gasteiger partial charge in [0.05, 0.1) is 6.04 Å². The summed E-state index contributed by atoms with van der Waals surface area (Å²) >= 11 is 0. The van der Waals surface area contributed by atoms with Gasteiger partial charge in [0.1, 0.15) is 6.61 Å². The van der Waals surface area contributed by atoms with Crippen molar-refractivity contribution in [2.45, 2.75) is 18.3 Å². The Bertz CT molecular complexity index is 472. The van der Waals surface area contributed by atoms with Crippen molar-refractivity contribution >= 4 is 12.4 Å². The molecule has 0 radical (unpaired) electrons. The average Bonchev–Trinajstić information content (AvgIpc) is 2.60. The van der Waals surface area contributed by atoms with Crippen LogP contribution < -0.4 is 15.2 Å². The number of aliphatic hydroxyl groups excluding tert-OH is 1. The summed E-state index contributed by atoms with van der Waals surface area (Å²) in [5, 5.41) is 8.50. The third kappa shape index (κ3) is 3.02. The Balaban J connectivity index is 0.00000180. The van der Waals surface area contributed by atoms with Crippen LogP contribution in [0.1, 0.15) is 11.6 Å². The highest BCUT2D eigenvalue weighted by molar-refractivity contribution is 5.85. The van der Waals surface area contributed by atoms with Gasteiger partial charge in [0.15, 0.2) is 11.5 Å². The van der Waals surface area contributed by atoms with Crippen LogP contribution in [0.2, 0.25) is 0 Å². The van der Waals surface area contributed by atoms with Gasteiger partial charge < -0.3 is 20.3 Å². The number of aliphatic hydroxyl groups is 1. The van der Waals surface area contributed by atoms with Crippen LogP contribution in [0.3, 0.4) is 0 Å². The third-order valence-corrected chi connectivity index (χ3v) is 2.45. The Morgan fingerprint density at radius 1 is 1.26 bits per heavy atom. The molecule has 0 aromatic heterocycles. The van der Waals surface area contributed by atoms with Crippen molar-refractivity contribution in [3.63, 3.8) is 0 Å². The summed E-state index contributed by atoms with van der Waals surface area (Å²) in [7, 11) is 0. The minimum absolute atomic E-state index is 0. The van der Waals surface area contributed by atoms with Crippen molar-refractivity contribution in [3.05, 3.63) is 23.8 Å². The maximum absolute atomic E-state index is 13.1. The fourth-order valence-electron chi connectivity index (χ4n) is 1.50. The van der Waals surface area contributed by atoms with Crippen LogP contribution in [-0.2, 0) is 0 Å². The van der Waals surface area contributed by atoms with E-state index in [0.717, 1.165) is 18.2 Å². The minimum atomic E-state index is -3.81. The van der Waals surface area contributed by atoms with Crippen molar-refractivity contribution in [3.8, 4) is 11.5 Å². The molecule has 108 valence electrons. The standard InChI is InChI=1S/C10H9F4NO3.ClH/c11-9(12,4-16)8(15)5-1-2-6-7(3-5)18-10(13,14)17-6;/h1-3,8,16H,4,15H2;1H/t8-;/m1./s1. The molecule has 4 nitrogen and oxygen atoms in total. The van der Waals surface area contributed by atoms with Gasteiger partial charge in [-0.3, -0.25) is 0 Å². The lowest BCUT2D eigenvalue weighted by atomic mass is 10.0. The first kappa shape index (κ1) is 15.8. The van der Waals surface area contributed by atoms with E-state index in [-0.39, 0.29) is 29.5 Å². The lowest BCUT2D eigenvalue weighted by Crippen LogP contribution is -2.36. The normalized spacial score (nSPS) is 17.8. The summed E-state index contributed by atoms with van der Waals surface area (Å²) < 4.78 is 59.9. The monoisotopic (exact) mass is 303 g/mol. The molecule has 19 heavy (non-hydrogen) atoms. The van der Waals surface area contributed by atoms with Gasteiger partial charge in [-0.2, -0.15) is 0 Å². The largest absolute Gasteiger partial charge is 0.586 e. The summed E-state index contributed by atoms with van der Waals surface area (Å²) in [6.45, 7) is -1.45. The molecule has 0 aliphatic carbocycles. The van der Waals surface area contributed by atoms with Gasteiger partial charge in [-0.25, -0.2) is 8.78 Å². The quantitative estimate of drug-likeness (QED) is 0.839. The van der Waals surface area contributed by atoms with Crippen molar-refractivity contribution < 1.29 is 32.1 Å². The number of rotatable bonds is 3. The topological polar surface area (TPSA) is 64.7 Å². The summed E-state index contributed by atoms with van der Waals surface area (Å²) in [6.07, 6.45) is -3.81. The Morgan fingerprint density at radius 2 is 1.84 bits per heavy atom. The average molecular weight is 304 g/mol. The molecular formula is C10H10ClF4NO3. The molecule has 1 aromatic rings. The van der Waals surface area contributed by atoms with Crippen LogP contribution in [0.25, 0.3) is 0 Å². The number of fused-ring (bicyclic) bond motifs is 1. The van der Waals surface area contributed by atoms with E-state index in [1.807, 2.05) is 0 Å². The fourth-order valence-corrected chi connectivity index (χ4v) is 1.50. The number of hydrogen-bond donors (Lipinski definition) is 2. The van der Waals surface area contributed by atoms with E-state index < -0.39 is 24.9 Å². The molecule has 0 amide bonds. The first-order chi connectivity index (χ1) is 8.25. The van der Waals surface area contributed by atoms with Gasteiger partial charge in [-0.1, -0.05) is 6.07 Å². The lowest BCUT2D eigenvalue weighted by Gasteiger charge is -2.21. The molecule has 9 heteroatoms. The Morgan fingerprint density at radius 3 is 2.42 bits per heavy atom. The number of hydrogen-bond acceptors (Lipinski definition) is 4. The van der Waals surface area contributed by atoms with E-state index in [1.165, 1.54) is 0 Å². The first-order valence-electron chi connectivity index (χ1n) is 4.89. The second-order valence-corrected chi connectivity index (χ2v) is 3.77. The molecule has 1 heterocycles. The fraction of sp³-hybridized carbons (Fsp3) is 0.400. The van der Waals surface area contributed by atoms with E-state index in [9.17, 15) is 17.6 Å². The zero-order valence-corrected chi connectivity index (χ0v) is 10.1. The number of halogens is 5. The number of benzene rings is 1. The second kappa shape index (κ2) is 5.03. The highest BCUT2D eigenvalue weighted by Crippen LogP contribution is 2.43. The Hall–Kier alpha value is -1.25. The predicted molar refractivity (Wildman–Crippen MR) is 58.9 cm³/mol. The molecule has 1 atom stereocenters. The van der Waals surface area contributed by atoms with E-state index in [1.54, 1.807) is 0 Å². The van der Waals surface area contributed by atoms with E-state index >= 15 is 0 Å². The maximum atomic E-state index is 13.1. The van der Waals surface area contributed by atoms with Gasteiger partial charge in [-0.05, 0) is 17.7 Å². The van der Waals surface area contributed by atoms with Gasteiger partial charge in [0.25, 0.3) is 5.92 Å². The van der Waals surface area contributed by atoms with Crippen LogP contribution in [0.4, 0.5) is 17.6 Å². The van der Waals surface area contributed by atoms with Crippen LogP contribution in [0.15, 0.2) is 18.2 Å². The van der Waals surface area contributed by atoms with Gasteiger partial charge in [-0.15, -0.1) is 21.2 Å². The summed E-state index contributed by atoms with van der Waals surface area (Å²) in [5.74, 6) is -4.19. The van der Waals surface area contributed by atoms with Gasteiger partial charge in [0, 0.05) is 0 Å². The molecule has 0 bridgehead atoms. The Kier molecular flexibility index (Phi) is 4.18. The Labute approximate surface area is 111 Å². The van der Waals surface area contributed by atoms with E-state index in [0.29, 0.717) is 0 Å². The predicted octanol–water partition coefficient (Wildman–Crippen LogP) is 2.06. The molecule has 0 fully saturated rings. The molecule has 1 aromatic carbocycles. The third-order valence-electron chi connectivity index (χ3n) is 2.45. The SMILES string of the molecule is Cl.N[C@H](c1ccc2c(c1)OC(F)(F)O2)C(F)(F)CO. The number of nitrogens with two attached hydrogens (primary N) is 1. The highest BCUT2D eigenvalue weighted by atomic mass is 35.5. The summed E-state index contributed by atoms with van der Waals surface area (Å²) in [5.41, 5.74) is 5.11. The highest BCUT2D eigenvalue weighted by Gasteiger charge is 2.44. The summed E-state index contributed by atoms with van der Waals surface area (Å²) in [6, 6.07) is 1.27. The number of alkyl halides is 4. The molecule has 0 spiro atoms. The first-order valence-corrected chi connectivity index (χ1v) is 4.89. The van der Waals surface area contributed by atoms with Crippen molar-refractivity contribution in [2.75, 3.05) is 6.61 Å². The molecule has 0 unspecified atom stereocenters. The van der Waals surface area contributed by atoms with E-state index in [2.05, 4.69) is 9.47 Å². The van der Waals surface area contributed by atoms with Gasteiger partial charge >= 0.3 is 6.29 Å². The van der Waals surface area contributed by atoms with Crippen LogP contribution >= 0.6 is 12.4 Å². The van der Waals surface area contributed by atoms with Crippen molar-refractivity contribution in [1.82, 2.24) is 0 Å². The maximum Gasteiger partial charge on any atom is 0.586 e. The van der Waals surface area contributed by atoms with Gasteiger partial charge in [0.2, 0.25) is 0 Å². The molecular weight excluding hydrogens is 294 g/mol.